The molecule has 0 bridgehead atoms. The Hall–Kier alpha value is -1.75. The van der Waals surface area contributed by atoms with Gasteiger partial charge in [-0.15, -0.1) is 0 Å². The highest BCUT2D eigenvalue weighted by Crippen LogP contribution is 2.27. The van der Waals surface area contributed by atoms with Crippen molar-refractivity contribution in [2.45, 2.75) is 6.61 Å². The van der Waals surface area contributed by atoms with Gasteiger partial charge in [-0.2, -0.15) is 0 Å². The Labute approximate surface area is 94.0 Å². The van der Waals surface area contributed by atoms with E-state index < -0.39 is 0 Å². The van der Waals surface area contributed by atoms with Crippen molar-refractivity contribution < 1.29 is 19.4 Å². The Balaban J connectivity index is 2.75. The van der Waals surface area contributed by atoms with E-state index in [1.165, 1.54) is 14.2 Å². The molecular formula is C11H15NO4. The standard InChI is InChI=1S/C11H15NO4/c1-12-11(14)7-16-9-4-3-8(6-13)5-10(9)15-2/h3-5,13H,6-7H2,1-2H3,(H,12,14). The van der Waals surface area contributed by atoms with Gasteiger partial charge in [-0.3, -0.25) is 4.79 Å². The molecule has 1 aromatic carbocycles. The first kappa shape index (κ1) is 12.3. The Morgan fingerprint density at radius 3 is 2.75 bits per heavy atom. The second kappa shape index (κ2) is 5.97. The summed E-state index contributed by atoms with van der Waals surface area (Å²) in [4.78, 5) is 11.0. The van der Waals surface area contributed by atoms with Crippen LogP contribution in [0.15, 0.2) is 18.2 Å². The molecule has 2 N–H and O–H groups in total. The Morgan fingerprint density at radius 2 is 2.19 bits per heavy atom. The van der Waals surface area contributed by atoms with Gasteiger partial charge < -0.3 is 19.9 Å². The first-order chi connectivity index (χ1) is 7.71. The van der Waals surface area contributed by atoms with E-state index in [0.29, 0.717) is 11.5 Å². The van der Waals surface area contributed by atoms with Gasteiger partial charge in [0.25, 0.3) is 5.91 Å². The predicted octanol–water partition coefficient (Wildman–Crippen LogP) is 0.312. The normalized spacial score (nSPS) is 9.69. The fourth-order valence-corrected chi connectivity index (χ4v) is 1.15. The van der Waals surface area contributed by atoms with Gasteiger partial charge in [-0.05, 0) is 17.7 Å². The molecule has 0 unspecified atom stereocenters. The highest BCUT2D eigenvalue weighted by atomic mass is 16.5. The lowest BCUT2D eigenvalue weighted by atomic mass is 10.2. The number of aliphatic hydroxyl groups excluding tert-OH is 1. The van der Waals surface area contributed by atoms with Gasteiger partial charge in [0, 0.05) is 7.05 Å². The fraction of sp³-hybridized carbons (Fsp3) is 0.364. The van der Waals surface area contributed by atoms with Crippen LogP contribution in [0.2, 0.25) is 0 Å². The molecule has 0 aliphatic heterocycles. The van der Waals surface area contributed by atoms with Crippen LogP contribution >= 0.6 is 0 Å². The number of carbonyl (C=O) groups is 1. The Bertz CT molecular complexity index is 365. The highest BCUT2D eigenvalue weighted by molar-refractivity contribution is 5.77. The molecular weight excluding hydrogens is 210 g/mol. The minimum atomic E-state index is -0.215. The SMILES string of the molecule is CNC(=O)COc1ccc(CO)cc1OC. The molecule has 0 spiro atoms. The number of hydrogen-bond acceptors (Lipinski definition) is 4. The zero-order chi connectivity index (χ0) is 12.0. The average molecular weight is 225 g/mol. The van der Waals surface area contributed by atoms with Gasteiger partial charge >= 0.3 is 0 Å². The van der Waals surface area contributed by atoms with Crippen molar-refractivity contribution in [3.8, 4) is 11.5 Å². The quantitative estimate of drug-likeness (QED) is 0.757. The van der Waals surface area contributed by atoms with Gasteiger partial charge in [-0.25, -0.2) is 0 Å². The number of ether oxygens (including phenoxy) is 2. The second-order valence-corrected chi connectivity index (χ2v) is 3.11. The van der Waals surface area contributed by atoms with E-state index in [0.717, 1.165) is 5.56 Å². The molecule has 0 radical (unpaired) electrons. The van der Waals surface area contributed by atoms with Gasteiger partial charge in [-0.1, -0.05) is 6.07 Å². The molecule has 0 saturated carbocycles. The van der Waals surface area contributed by atoms with Crippen LogP contribution in [-0.4, -0.2) is 31.8 Å². The number of likely N-dealkylation sites (N-methyl/N-ethyl adjacent to an activating group) is 1. The molecule has 0 aromatic heterocycles. The topological polar surface area (TPSA) is 67.8 Å². The van der Waals surface area contributed by atoms with Crippen molar-refractivity contribution in [2.24, 2.45) is 0 Å². The second-order valence-electron chi connectivity index (χ2n) is 3.11. The van der Waals surface area contributed by atoms with Crippen LogP contribution in [0.3, 0.4) is 0 Å². The van der Waals surface area contributed by atoms with E-state index in [9.17, 15) is 4.79 Å². The molecule has 88 valence electrons. The van der Waals surface area contributed by atoms with Crippen molar-refractivity contribution in [3.05, 3.63) is 23.8 Å². The number of nitrogens with one attached hydrogen (secondary N) is 1. The fourth-order valence-electron chi connectivity index (χ4n) is 1.15. The summed E-state index contributed by atoms with van der Waals surface area (Å²) in [6.07, 6.45) is 0. The molecule has 1 amide bonds. The van der Waals surface area contributed by atoms with Crippen LogP contribution in [0.5, 0.6) is 11.5 Å². The first-order valence-electron chi connectivity index (χ1n) is 4.82. The zero-order valence-electron chi connectivity index (χ0n) is 9.32. The predicted molar refractivity (Wildman–Crippen MR) is 58.5 cm³/mol. The lowest BCUT2D eigenvalue weighted by molar-refractivity contribution is -0.122. The minimum absolute atomic E-state index is 0.0634. The number of benzene rings is 1. The first-order valence-corrected chi connectivity index (χ1v) is 4.82. The number of amides is 1. The molecule has 1 rings (SSSR count). The van der Waals surface area contributed by atoms with E-state index in [1.54, 1.807) is 18.2 Å². The van der Waals surface area contributed by atoms with Crippen LogP contribution in [0.25, 0.3) is 0 Å². The largest absolute Gasteiger partial charge is 0.493 e. The summed E-state index contributed by atoms with van der Waals surface area (Å²) < 4.78 is 10.3. The molecule has 5 nitrogen and oxygen atoms in total. The van der Waals surface area contributed by atoms with Crippen LogP contribution in [0, 0.1) is 0 Å². The summed E-state index contributed by atoms with van der Waals surface area (Å²) in [5.41, 5.74) is 0.726. The minimum Gasteiger partial charge on any atom is -0.493 e. The third-order valence-electron chi connectivity index (χ3n) is 2.05. The van der Waals surface area contributed by atoms with Gasteiger partial charge in [0.05, 0.1) is 13.7 Å². The number of carbonyl (C=O) groups excluding carboxylic acids is 1. The van der Waals surface area contributed by atoms with Crippen molar-refractivity contribution in [1.82, 2.24) is 5.32 Å². The molecule has 0 aliphatic rings. The lowest BCUT2D eigenvalue weighted by Crippen LogP contribution is -2.24. The summed E-state index contributed by atoms with van der Waals surface area (Å²) in [6, 6.07) is 5.04. The Morgan fingerprint density at radius 1 is 1.44 bits per heavy atom. The molecule has 0 atom stereocenters. The maximum atomic E-state index is 11.0. The molecule has 0 aliphatic carbocycles. The van der Waals surface area contributed by atoms with Crippen molar-refractivity contribution in [1.29, 1.82) is 0 Å². The zero-order valence-corrected chi connectivity index (χ0v) is 9.32. The molecule has 0 saturated heterocycles. The van der Waals surface area contributed by atoms with Crippen LogP contribution in [-0.2, 0) is 11.4 Å². The maximum absolute atomic E-state index is 11.0. The number of rotatable bonds is 5. The lowest BCUT2D eigenvalue weighted by Gasteiger charge is -2.10. The van der Waals surface area contributed by atoms with E-state index in [-0.39, 0.29) is 19.1 Å². The van der Waals surface area contributed by atoms with Crippen molar-refractivity contribution >= 4 is 5.91 Å². The number of methoxy groups -OCH3 is 1. The number of aliphatic hydroxyl groups is 1. The maximum Gasteiger partial charge on any atom is 0.257 e. The molecule has 16 heavy (non-hydrogen) atoms. The van der Waals surface area contributed by atoms with E-state index >= 15 is 0 Å². The summed E-state index contributed by atoms with van der Waals surface area (Å²) >= 11 is 0. The monoisotopic (exact) mass is 225 g/mol. The van der Waals surface area contributed by atoms with E-state index in [4.69, 9.17) is 14.6 Å². The highest BCUT2D eigenvalue weighted by Gasteiger charge is 2.07. The van der Waals surface area contributed by atoms with E-state index in [2.05, 4.69) is 5.32 Å². The van der Waals surface area contributed by atoms with Crippen molar-refractivity contribution in [2.75, 3.05) is 20.8 Å². The third-order valence-corrected chi connectivity index (χ3v) is 2.05. The molecule has 0 heterocycles. The van der Waals surface area contributed by atoms with Crippen molar-refractivity contribution in [3.63, 3.8) is 0 Å². The smallest absolute Gasteiger partial charge is 0.257 e. The van der Waals surface area contributed by atoms with Gasteiger partial charge in [0.2, 0.25) is 0 Å². The summed E-state index contributed by atoms with van der Waals surface area (Å²) in [5, 5.41) is 11.4. The van der Waals surface area contributed by atoms with Crippen LogP contribution in [0.1, 0.15) is 5.56 Å². The molecule has 5 heteroatoms. The Kier molecular flexibility index (Phi) is 4.60. The van der Waals surface area contributed by atoms with Gasteiger partial charge in [0.15, 0.2) is 18.1 Å². The van der Waals surface area contributed by atoms with Gasteiger partial charge in [0.1, 0.15) is 0 Å². The third kappa shape index (κ3) is 3.13. The summed E-state index contributed by atoms with van der Waals surface area (Å²) in [5.74, 6) is 0.757. The molecule has 1 aromatic rings. The summed E-state index contributed by atoms with van der Waals surface area (Å²) in [7, 11) is 3.04. The van der Waals surface area contributed by atoms with Crippen LogP contribution < -0.4 is 14.8 Å². The van der Waals surface area contributed by atoms with E-state index in [1.807, 2.05) is 0 Å². The number of hydrogen-bond donors (Lipinski definition) is 2. The van der Waals surface area contributed by atoms with Crippen LogP contribution in [0.4, 0.5) is 0 Å². The molecule has 0 fully saturated rings. The summed E-state index contributed by atoms with van der Waals surface area (Å²) in [6.45, 7) is -0.128. The average Bonchev–Trinajstić information content (AvgIpc) is 2.35.